The van der Waals surface area contributed by atoms with Gasteiger partial charge < -0.3 is 10.6 Å². The Morgan fingerprint density at radius 1 is 1.47 bits per heavy atom. The molecule has 0 aromatic rings. The highest BCUT2D eigenvalue weighted by Crippen LogP contribution is 2.02. The van der Waals surface area contributed by atoms with Gasteiger partial charge in [-0.05, 0) is 12.5 Å². The van der Waals surface area contributed by atoms with Gasteiger partial charge in [0, 0.05) is 26.3 Å². The van der Waals surface area contributed by atoms with Crippen LogP contribution in [0.5, 0.6) is 0 Å². The van der Waals surface area contributed by atoms with Crippen molar-refractivity contribution in [2.45, 2.75) is 13.3 Å². The molecule has 15 heavy (non-hydrogen) atoms. The number of rotatable bonds is 6. The second-order valence-electron chi connectivity index (χ2n) is 3.99. The second kappa shape index (κ2) is 6.07. The Morgan fingerprint density at radius 2 is 2.00 bits per heavy atom. The molecule has 0 aromatic heterocycles. The first-order valence-corrected chi connectivity index (χ1v) is 6.94. The molecule has 0 rings (SSSR count). The lowest BCUT2D eigenvalue weighted by molar-refractivity contribution is -0.130. The molecule has 0 fully saturated rings. The lowest BCUT2D eigenvalue weighted by Crippen LogP contribution is -2.33. The van der Waals surface area contributed by atoms with Crippen LogP contribution in [0, 0.1) is 5.92 Å². The first-order chi connectivity index (χ1) is 6.76. The number of hydrogen-bond acceptors (Lipinski definition) is 4. The van der Waals surface area contributed by atoms with Crippen molar-refractivity contribution in [3.63, 3.8) is 0 Å². The SMILES string of the molecule is CC(CN)CC(=O)N(C)CCS(C)(=O)=O. The molecule has 90 valence electrons. The summed E-state index contributed by atoms with van der Waals surface area (Å²) in [5.41, 5.74) is 5.40. The van der Waals surface area contributed by atoms with E-state index in [1.54, 1.807) is 7.05 Å². The van der Waals surface area contributed by atoms with Crippen molar-refractivity contribution in [3.05, 3.63) is 0 Å². The van der Waals surface area contributed by atoms with E-state index < -0.39 is 9.84 Å². The van der Waals surface area contributed by atoms with Gasteiger partial charge in [0.15, 0.2) is 0 Å². The molecule has 0 bridgehead atoms. The highest BCUT2D eigenvalue weighted by atomic mass is 32.2. The lowest BCUT2D eigenvalue weighted by atomic mass is 10.1. The molecule has 0 aliphatic heterocycles. The van der Waals surface area contributed by atoms with E-state index in [2.05, 4.69) is 0 Å². The maximum absolute atomic E-state index is 11.5. The van der Waals surface area contributed by atoms with E-state index in [4.69, 9.17) is 5.73 Å². The number of carbonyl (C=O) groups is 1. The molecule has 0 saturated carbocycles. The molecule has 0 heterocycles. The molecule has 0 saturated heterocycles. The number of carbonyl (C=O) groups excluding carboxylic acids is 1. The number of nitrogens with two attached hydrogens (primary N) is 1. The van der Waals surface area contributed by atoms with Gasteiger partial charge in [-0.2, -0.15) is 0 Å². The quantitative estimate of drug-likeness (QED) is 0.672. The molecule has 6 heteroatoms. The molecule has 1 unspecified atom stereocenters. The van der Waals surface area contributed by atoms with Crippen LogP contribution in [0.4, 0.5) is 0 Å². The Morgan fingerprint density at radius 3 is 2.40 bits per heavy atom. The van der Waals surface area contributed by atoms with Gasteiger partial charge in [-0.15, -0.1) is 0 Å². The van der Waals surface area contributed by atoms with Crippen LogP contribution in [-0.4, -0.2) is 51.4 Å². The zero-order valence-corrected chi connectivity index (χ0v) is 10.4. The van der Waals surface area contributed by atoms with E-state index in [0.29, 0.717) is 13.0 Å². The monoisotopic (exact) mass is 236 g/mol. The second-order valence-corrected chi connectivity index (χ2v) is 6.25. The Kier molecular flexibility index (Phi) is 5.82. The minimum Gasteiger partial charge on any atom is -0.345 e. The summed E-state index contributed by atoms with van der Waals surface area (Å²) in [6.07, 6.45) is 1.53. The van der Waals surface area contributed by atoms with Gasteiger partial charge in [-0.25, -0.2) is 8.42 Å². The third-order valence-electron chi connectivity index (χ3n) is 2.15. The summed E-state index contributed by atoms with van der Waals surface area (Å²) in [4.78, 5) is 12.9. The van der Waals surface area contributed by atoms with Crippen molar-refractivity contribution in [2.75, 3.05) is 32.1 Å². The number of nitrogens with zero attached hydrogens (tertiary/aromatic N) is 1. The van der Waals surface area contributed by atoms with Gasteiger partial charge in [0.1, 0.15) is 9.84 Å². The summed E-state index contributed by atoms with van der Waals surface area (Å²) in [6.45, 7) is 2.60. The van der Waals surface area contributed by atoms with Crippen LogP contribution < -0.4 is 5.73 Å². The Balaban J connectivity index is 4.00. The summed E-state index contributed by atoms with van der Waals surface area (Å²) in [6, 6.07) is 0. The maximum Gasteiger partial charge on any atom is 0.222 e. The molecule has 0 spiro atoms. The summed E-state index contributed by atoms with van der Waals surface area (Å²) < 4.78 is 21.8. The van der Waals surface area contributed by atoms with Crippen LogP contribution in [0.2, 0.25) is 0 Å². The van der Waals surface area contributed by atoms with Crippen molar-refractivity contribution in [2.24, 2.45) is 11.7 Å². The highest BCUT2D eigenvalue weighted by Gasteiger charge is 2.13. The molecule has 0 aromatic carbocycles. The lowest BCUT2D eigenvalue weighted by Gasteiger charge is -2.18. The number of sulfone groups is 1. The van der Waals surface area contributed by atoms with Gasteiger partial charge in [0.05, 0.1) is 5.75 Å². The van der Waals surface area contributed by atoms with Gasteiger partial charge in [0.2, 0.25) is 5.91 Å². The fourth-order valence-electron chi connectivity index (χ4n) is 0.965. The number of amides is 1. The predicted octanol–water partition coefficient (Wildman–Crippen LogP) is -0.526. The average molecular weight is 236 g/mol. The first-order valence-electron chi connectivity index (χ1n) is 4.88. The smallest absolute Gasteiger partial charge is 0.222 e. The van der Waals surface area contributed by atoms with Crippen LogP contribution in [-0.2, 0) is 14.6 Å². The highest BCUT2D eigenvalue weighted by molar-refractivity contribution is 7.90. The number of hydrogen-bond donors (Lipinski definition) is 1. The third-order valence-corrected chi connectivity index (χ3v) is 3.07. The van der Waals surface area contributed by atoms with E-state index in [-0.39, 0.29) is 24.1 Å². The average Bonchev–Trinajstić information content (AvgIpc) is 2.12. The Bertz CT molecular complexity index is 300. The molecule has 5 nitrogen and oxygen atoms in total. The fourth-order valence-corrected chi connectivity index (χ4v) is 1.57. The third kappa shape index (κ3) is 7.33. The van der Waals surface area contributed by atoms with Crippen molar-refractivity contribution in [1.82, 2.24) is 4.90 Å². The van der Waals surface area contributed by atoms with Gasteiger partial charge >= 0.3 is 0 Å². The van der Waals surface area contributed by atoms with Crippen molar-refractivity contribution in [1.29, 1.82) is 0 Å². The van der Waals surface area contributed by atoms with Crippen molar-refractivity contribution >= 4 is 15.7 Å². The fraction of sp³-hybridized carbons (Fsp3) is 0.889. The normalized spacial score (nSPS) is 13.6. The Labute approximate surface area is 91.5 Å². The van der Waals surface area contributed by atoms with Crippen LogP contribution in [0.1, 0.15) is 13.3 Å². The molecule has 1 amide bonds. The van der Waals surface area contributed by atoms with Crippen LogP contribution in [0.15, 0.2) is 0 Å². The molecular formula is C9H20N2O3S. The zero-order valence-electron chi connectivity index (χ0n) is 9.56. The largest absolute Gasteiger partial charge is 0.345 e. The topological polar surface area (TPSA) is 80.5 Å². The van der Waals surface area contributed by atoms with Crippen molar-refractivity contribution in [3.8, 4) is 0 Å². The van der Waals surface area contributed by atoms with Crippen molar-refractivity contribution < 1.29 is 13.2 Å². The minimum atomic E-state index is -3.01. The molecule has 1 atom stereocenters. The molecule has 0 aliphatic carbocycles. The molecule has 0 radical (unpaired) electrons. The minimum absolute atomic E-state index is 0.00620. The van der Waals surface area contributed by atoms with Gasteiger partial charge in [0.25, 0.3) is 0 Å². The first kappa shape index (κ1) is 14.4. The standard InChI is InChI=1S/C9H20N2O3S/c1-8(7-10)6-9(12)11(2)4-5-15(3,13)14/h8H,4-7,10H2,1-3H3. The summed E-state index contributed by atoms with van der Waals surface area (Å²) in [7, 11) is -1.40. The van der Waals surface area contributed by atoms with E-state index in [9.17, 15) is 13.2 Å². The van der Waals surface area contributed by atoms with Gasteiger partial charge in [-0.1, -0.05) is 6.92 Å². The van der Waals surface area contributed by atoms with E-state index in [1.807, 2.05) is 6.92 Å². The zero-order chi connectivity index (χ0) is 12.1. The van der Waals surface area contributed by atoms with Crippen LogP contribution >= 0.6 is 0 Å². The summed E-state index contributed by atoms with van der Waals surface area (Å²) in [5, 5.41) is 0. The van der Waals surface area contributed by atoms with E-state index in [1.165, 1.54) is 4.90 Å². The van der Waals surface area contributed by atoms with E-state index in [0.717, 1.165) is 6.26 Å². The molecule has 2 N–H and O–H groups in total. The van der Waals surface area contributed by atoms with Gasteiger partial charge in [-0.3, -0.25) is 4.79 Å². The summed E-state index contributed by atoms with van der Waals surface area (Å²) >= 11 is 0. The predicted molar refractivity (Wildman–Crippen MR) is 60.2 cm³/mol. The maximum atomic E-state index is 11.5. The summed E-state index contributed by atoms with van der Waals surface area (Å²) in [5.74, 6) is 0.0847. The van der Waals surface area contributed by atoms with Crippen LogP contribution in [0.3, 0.4) is 0 Å². The van der Waals surface area contributed by atoms with Crippen LogP contribution in [0.25, 0.3) is 0 Å². The van der Waals surface area contributed by atoms with E-state index >= 15 is 0 Å². The molecular weight excluding hydrogens is 216 g/mol. The molecule has 0 aliphatic rings. The Hall–Kier alpha value is -0.620.